The van der Waals surface area contributed by atoms with Gasteiger partial charge in [0.15, 0.2) is 0 Å². The fraction of sp³-hybridized carbons (Fsp3) is 0.400. The van der Waals surface area contributed by atoms with E-state index >= 15 is 0 Å². The molecule has 1 amide bonds. The van der Waals surface area contributed by atoms with Crippen LogP contribution in [0.3, 0.4) is 0 Å². The fourth-order valence-corrected chi connectivity index (χ4v) is 2.97. The Labute approximate surface area is 154 Å². The van der Waals surface area contributed by atoms with Gasteiger partial charge in [-0.2, -0.15) is 0 Å². The number of rotatable bonds is 6. The molecule has 1 aromatic heterocycles. The second-order valence-electron chi connectivity index (χ2n) is 6.89. The van der Waals surface area contributed by atoms with E-state index in [9.17, 15) is 15.0 Å². The zero-order chi connectivity index (χ0) is 19.4. The van der Waals surface area contributed by atoms with Crippen molar-refractivity contribution in [2.75, 3.05) is 5.73 Å². The first kappa shape index (κ1) is 19.6. The second kappa shape index (κ2) is 8.08. The van der Waals surface area contributed by atoms with E-state index in [2.05, 4.69) is 10.3 Å². The Morgan fingerprint density at radius 2 is 1.92 bits per heavy atom. The topological polar surface area (TPSA) is 108 Å². The highest BCUT2D eigenvalue weighted by Gasteiger charge is 2.22. The number of carbonyl (C=O) groups excluding carboxylic acids is 1. The molecule has 0 aliphatic rings. The molecule has 1 aromatic carbocycles. The van der Waals surface area contributed by atoms with Gasteiger partial charge in [-0.05, 0) is 49.1 Å². The van der Waals surface area contributed by atoms with E-state index in [4.69, 9.17) is 5.73 Å². The van der Waals surface area contributed by atoms with Crippen LogP contribution in [0.4, 0.5) is 5.82 Å². The Morgan fingerprint density at radius 3 is 2.50 bits per heavy atom. The zero-order valence-electron chi connectivity index (χ0n) is 15.7. The molecule has 0 fully saturated rings. The molecule has 1 heterocycles. The maximum absolute atomic E-state index is 12.8. The number of aromatic hydroxyl groups is 2. The average Bonchev–Trinajstić information content (AvgIpc) is 2.55. The van der Waals surface area contributed by atoms with Crippen LogP contribution in [0, 0.1) is 6.92 Å². The monoisotopic (exact) mass is 357 g/mol. The molecule has 1 unspecified atom stereocenters. The molecule has 1 atom stereocenters. The molecule has 0 aliphatic heterocycles. The minimum absolute atomic E-state index is 0.0293. The highest BCUT2D eigenvalue weighted by molar-refractivity contribution is 5.98. The van der Waals surface area contributed by atoms with Gasteiger partial charge in [0, 0.05) is 5.56 Å². The van der Waals surface area contributed by atoms with Crippen molar-refractivity contribution in [3.05, 3.63) is 46.6 Å². The number of nitrogen functional groups attached to an aromatic ring is 1. The maximum Gasteiger partial charge on any atom is 0.255 e. The summed E-state index contributed by atoms with van der Waals surface area (Å²) in [7, 11) is 0. The second-order valence-corrected chi connectivity index (χ2v) is 6.89. The molecular formula is C20H27N3O3. The highest BCUT2D eigenvalue weighted by Crippen LogP contribution is 2.33. The molecule has 0 spiro atoms. The third-order valence-corrected chi connectivity index (χ3v) is 4.24. The normalized spacial score (nSPS) is 12.2. The van der Waals surface area contributed by atoms with Crippen LogP contribution >= 0.6 is 0 Å². The number of anilines is 1. The summed E-state index contributed by atoms with van der Waals surface area (Å²) in [5, 5.41) is 23.3. The Hall–Kier alpha value is -2.76. The molecule has 5 N–H and O–H groups in total. The van der Waals surface area contributed by atoms with Crippen molar-refractivity contribution in [3.8, 4) is 11.5 Å². The van der Waals surface area contributed by atoms with Crippen molar-refractivity contribution < 1.29 is 15.0 Å². The Kier molecular flexibility index (Phi) is 6.08. The van der Waals surface area contributed by atoms with E-state index < -0.39 is 5.91 Å². The summed E-state index contributed by atoms with van der Waals surface area (Å²) >= 11 is 0. The van der Waals surface area contributed by atoms with E-state index in [1.165, 1.54) is 12.1 Å². The van der Waals surface area contributed by atoms with Crippen LogP contribution in [0.25, 0.3) is 0 Å². The molecule has 0 aliphatic carbocycles. The number of benzene rings is 1. The lowest BCUT2D eigenvalue weighted by molar-refractivity contribution is 0.0930. The van der Waals surface area contributed by atoms with Crippen LogP contribution in [-0.4, -0.2) is 21.1 Å². The van der Waals surface area contributed by atoms with Crippen LogP contribution in [0.1, 0.15) is 72.8 Å². The van der Waals surface area contributed by atoms with Gasteiger partial charge in [0.25, 0.3) is 5.91 Å². The Morgan fingerprint density at radius 1 is 1.23 bits per heavy atom. The number of amides is 1. The third-order valence-electron chi connectivity index (χ3n) is 4.24. The molecule has 0 radical (unpaired) electrons. The molecule has 140 valence electrons. The maximum atomic E-state index is 12.8. The number of pyridine rings is 1. The Balaban J connectivity index is 2.36. The van der Waals surface area contributed by atoms with E-state index in [0.29, 0.717) is 23.5 Å². The summed E-state index contributed by atoms with van der Waals surface area (Å²) in [6.07, 6.45) is 1.52. The molecule has 0 saturated heterocycles. The van der Waals surface area contributed by atoms with Crippen molar-refractivity contribution in [3.63, 3.8) is 0 Å². The summed E-state index contributed by atoms with van der Waals surface area (Å²) in [5.74, 6) is -0.250. The average molecular weight is 357 g/mol. The summed E-state index contributed by atoms with van der Waals surface area (Å²) in [5.41, 5.74) is 8.06. The van der Waals surface area contributed by atoms with E-state index in [1.54, 1.807) is 6.07 Å². The van der Waals surface area contributed by atoms with E-state index in [0.717, 1.165) is 12.0 Å². The van der Waals surface area contributed by atoms with Gasteiger partial charge in [0.1, 0.15) is 17.3 Å². The van der Waals surface area contributed by atoms with Crippen LogP contribution in [0.5, 0.6) is 11.5 Å². The molecule has 2 aromatic rings. The summed E-state index contributed by atoms with van der Waals surface area (Å²) in [6, 6.07) is 6.07. The number of nitrogens with one attached hydrogen (secondary N) is 1. The zero-order valence-corrected chi connectivity index (χ0v) is 15.7. The number of aromatic nitrogens is 1. The molecule has 6 heteroatoms. The third kappa shape index (κ3) is 4.45. The number of aryl methyl sites for hydroxylation is 1. The highest BCUT2D eigenvalue weighted by atomic mass is 16.3. The minimum atomic E-state index is -0.458. The number of nitrogens with two attached hydrogens (primary N) is 1. The predicted octanol–water partition coefficient (Wildman–Crippen LogP) is 3.78. The van der Waals surface area contributed by atoms with E-state index in [-0.39, 0.29) is 29.0 Å². The molecule has 0 bridgehead atoms. The summed E-state index contributed by atoms with van der Waals surface area (Å²) in [6.45, 7) is 7.70. The first-order valence-electron chi connectivity index (χ1n) is 8.83. The minimum Gasteiger partial charge on any atom is -0.508 e. The van der Waals surface area contributed by atoms with Gasteiger partial charge >= 0.3 is 0 Å². The van der Waals surface area contributed by atoms with Crippen LogP contribution in [0.2, 0.25) is 0 Å². The Bertz CT molecular complexity index is 783. The number of carbonyl (C=O) groups is 1. The largest absolute Gasteiger partial charge is 0.508 e. The summed E-state index contributed by atoms with van der Waals surface area (Å²) < 4.78 is 0. The van der Waals surface area contributed by atoms with Crippen molar-refractivity contribution >= 4 is 11.7 Å². The van der Waals surface area contributed by atoms with Crippen molar-refractivity contribution in [1.82, 2.24) is 10.3 Å². The quantitative estimate of drug-likeness (QED) is 0.588. The molecule has 0 saturated carbocycles. The first-order chi connectivity index (χ1) is 12.2. The molecule has 26 heavy (non-hydrogen) atoms. The standard InChI is InChI=1S/C20H27N3O3/c1-5-6-16(17-7-12(4)8-18(21)22-17)23-20(26)15-10-13(24)9-14(11(2)3)19(15)25/h7-11,16,24-25H,5-6H2,1-4H3,(H2,21,22)(H,23,26). The first-order valence-corrected chi connectivity index (χ1v) is 8.83. The van der Waals surface area contributed by atoms with Crippen LogP contribution in [-0.2, 0) is 0 Å². The lowest BCUT2D eigenvalue weighted by atomic mass is 9.97. The van der Waals surface area contributed by atoms with Gasteiger partial charge < -0.3 is 21.3 Å². The van der Waals surface area contributed by atoms with Gasteiger partial charge in [-0.25, -0.2) is 4.98 Å². The van der Waals surface area contributed by atoms with Crippen molar-refractivity contribution in [1.29, 1.82) is 0 Å². The summed E-state index contributed by atoms with van der Waals surface area (Å²) in [4.78, 5) is 17.1. The molecular weight excluding hydrogens is 330 g/mol. The van der Waals surface area contributed by atoms with Gasteiger partial charge in [0.2, 0.25) is 0 Å². The number of phenolic OH excluding ortho intramolecular Hbond substituents is 2. The molecule has 2 rings (SSSR count). The van der Waals surface area contributed by atoms with Crippen LogP contribution < -0.4 is 11.1 Å². The lowest BCUT2D eigenvalue weighted by Crippen LogP contribution is -2.29. The van der Waals surface area contributed by atoms with Crippen LogP contribution in [0.15, 0.2) is 24.3 Å². The van der Waals surface area contributed by atoms with Gasteiger partial charge in [-0.15, -0.1) is 0 Å². The SMILES string of the molecule is CCCC(NC(=O)c1cc(O)cc(C(C)C)c1O)c1cc(C)cc(N)n1. The number of hydrogen-bond donors (Lipinski definition) is 4. The van der Waals surface area contributed by atoms with Gasteiger partial charge in [-0.3, -0.25) is 4.79 Å². The van der Waals surface area contributed by atoms with Crippen molar-refractivity contribution in [2.24, 2.45) is 0 Å². The predicted molar refractivity (Wildman–Crippen MR) is 102 cm³/mol. The van der Waals surface area contributed by atoms with Gasteiger partial charge in [-0.1, -0.05) is 27.2 Å². The lowest BCUT2D eigenvalue weighted by Gasteiger charge is -2.20. The van der Waals surface area contributed by atoms with Gasteiger partial charge in [0.05, 0.1) is 17.3 Å². The fourth-order valence-electron chi connectivity index (χ4n) is 2.97. The van der Waals surface area contributed by atoms with Crippen molar-refractivity contribution in [2.45, 2.75) is 52.5 Å². The number of hydrogen-bond acceptors (Lipinski definition) is 5. The number of nitrogens with zero attached hydrogens (tertiary/aromatic N) is 1. The smallest absolute Gasteiger partial charge is 0.255 e. The van der Waals surface area contributed by atoms with E-state index in [1.807, 2.05) is 33.8 Å². The number of phenols is 2. The molecule has 6 nitrogen and oxygen atoms in total.